The second kappa shape index (κ2) is 7.97. The van der Waals surface area contributed by atoms with Gasteiger partial charge in [0, 0.05) is 31.5 Å². The Labute approximate surface area is 124 Å². The zero-order chi connectivity index (χ0) is 13.5. The Morgan fingerprint density at radius 3 is 2.74 bits per heavy atom. The van der Waals surface area contributed by atoms with Gasteiger partial charge in [0.1, 0.15) is 12.2 Å². The maximum Gasteiger partial charge on any atom is 0.141 e. The van der Waals surface area contributed by atoms with Gasteiger partial charge in [-0.15, -0.1) is 0 Å². The van der Waals surface area contributed by atoms with Gasteiger partial charge in [0.2, 0.25) is 0 Å². The fraction of sp³-hybridized carbons (Fsp3) is 0.846. The first-order valence-corrected chi connectivity index (χ1v) is 8.33. The highest BCUT2D eigenvalue weighted by atomic mass is 79.9. The van der Waals surface area contributed by atoms with Gasteiger partial charge < -0.3 is 4.90 Å². The molecule has 2 rings (SSSR count). The topological polar surface area (TPSA) is 37.2 Å². The Balaban J connectivity index is 1.86. The third-order valence-corrected chi connectivity index (χ3v) is 3.93. The van der Waals surface area contributed by atoms with Gasteiger partial charge in [-0.2, -0.15) is 5.10 Å². The summed E-state index contributed by atoms with van der Waals surface area (Å²) in [5.74, 6) is 1.11. The average Bonchev–Trinajstić information content (AvgIpc) is 2.70. The molecular weight excluding hydrogens is 306 g/mol. The van der Waals surface area contributed by atoms with Crippen LogP contribution in [0.4, 0.5) is 0 Å². The van der Waals surface area contributed by atoms with E-state index in [9.17, 15) is 0 Å². The van der Waals surface area contributed by atoms with Crippen LogP contribution in [-0.2, 0) is 13.1 Å². The van der Waals surface area contributed by atoms with Crippen LogP contribution in [0.15, 0.2) is 6.33 Å². The zero-order valence-corrected chi connectivity index (χ0v) is 13.3. The van der Waals surface area contributed by atoms with Gasteiger partial charge in [0.05, 0.1) is 6.54 Å². The van der Waals surface area contributed by atoms with Crippen molar-refractivity contribution in [3.63, 3.8) is 0 Å². The van der Waals surface area contributed by atoms with Crippen LogP contribution in [0.2, 0.25) is 0 Å². The Morgan fingerprint density at radius 1 is 1.16 bits per heavy atom. The summed E-state index contributed by atoms with van der Waals surface area (Å²) in [4.78, 5) is 9.44. The van der Waals surface area contributed by atoms with Gasteiger partial charge in [-0.05, 0) is 25.9 Å². The predicted octanol–water partition coefficient (Wildman–Crippen LogP) is 1.59. The number of alkyl halides is 1. The first kappa shape index (κ1) is 14.9. The van der Waals surface area contributed by atoms with Crippen LogP contribution in [0.3, 0.4) is 0 Å². The molecule has 1 aromatic heterocycles. The number of aryl methyl sites for hydroxylation is 1. The van der Waals surface area contributed by atoms with Crippen molar-refractivity contribution in [1.29, 1.82) is 0 Å². The summed E-state index contributed by atoms with van der Waals surface area (Å²) in [5, 5.41) is 5.37. The van der Waals surface area contributed by atoms with Crippen LogP contribution in [-0.4, -0.2) is 62.6 Å². The van der Waals surface area contributed by atoms with E-state index in [-0.39, 0.29) is 0 Å². The maximum absolute atomic E-state index is 4.40. The summed E-state index contributed by atoms with van der Waals surface area (Å²) < 4.78 is 2.04. The number of nitrogens with zero attached hydrogens (tertiary/aromatic N) is 5. The van der Waals surface area contributed by atoms with Gasteiger partial charge in [0.25, 0.3) is 0 Å². The molecule has 0 N–H and O–H groups in total. The zero-order valence-electron chi connectivity index (χ0n) is 11.8. The molecule has 0 radical (unpaired) electrons. The largest absolute Gasteiger partial charge is 0.301 e. The number of halogens is 1. The number of hydrogen-bond donors (Lipinski definition) is 0. The number of hydrogen-bond acceptors (Lipinski definition) is 4. The molecular formula is C13H24BrN5. The van der Waals surface area contributed by atoms with Crippen LogP contribution < -0.4 is 0 Å². The fourth-order valence-corrected chi connectivity index (χ4v) is 3.04. The molecule has 19 heavy (non-hydrogen) atoms. The summed E-state index contributed by atoms with van der Waals surface area (Å²) in [6, 6.07) is 0. The fourth-order valence-electron chi connectivity index (χ4n) is 2.53. The van der Waals surface area contributed by atoms with Gasteiger partial charge in [-0.1, -0.05) is 22.9 Å². The van der Waals surface area contributed by atoms with Gasteiger partial charge >= 0.3 is 0 Å². The molecule has 1 fully saturated rings. The standard InChI is InChI=1S/C13H24BrN5/c1-2-5-19-13(15-12-16-19)11-18-7-3-6-17(8-4-14)9-10-18/h12H,2-11H2,1H3. The smallest absolute Gasteiger partial charge is 0.141 e. The van der Waals surface area contributed by atoms with Crippen molar-refractivity contribution in [3.05, 3.63) is 12.2 Å². The molecule has 2 heterocycles. The quantitative estimate of drug-likeness (QED) is 0.743. The number of rotatable bonds is 6. The van der Waals surface area contributed by atoms with E-state index < -0.39 is 0 Å². The summed E-state index contributed by atoms with van der Waals surface area (Å²) >= 11 is 3.52. The van der Waals surface area contributed by atoms with Crippen molar-refractivity contribution in [3.8, 4) is 0 Å². The van der Waals surface area contributed by atoms with Crippen LogP contribution in [0.1, 0.15) is 25.6 Å². The minimum atomic E-state index is 0.933. The van der Waals surface area contributed by atoms with Crippen molar-refractivity contribution < 1.29 is 0 Å². The molecule has 1 aromatic rings. The lowest BCUT2D eigenvalue weighted by Crippen LogP contribution is -2.32. The van der Waals surface area contributed by atoms with E-state index in [0.29, 0.717) is 0 Å². The normalized spacial score (nSPS) is 18.6. The second-order valence-electron chi connectivity index (χ2n) is 5.06. The van der Waals surface area contributed by atoms with E-state index in [4.69, 9.17) is 0 Å². The molecule has 1 aliphatic heterocycles. The third kappa shape index (κ3) is 4.54. The maximum atomic E-state index is 4.40. The average molecular weight is 330 g/mol. The van der Waals surface area contributed by atoms with Crippen molar-refractivity contribution in [2.75, 3.05) is 38.1 Å². The minimum Gasteiger partial charge on any atom is -0.301 e. The molecule has 0 atom stereocenters. The van der Waals surface area contributed by atoms with E-state index in [1.165, 1.54) is 13.0 Å². The lowest BCUT2D eigenvalue weighted by Gasteiger charge is -2.20. The molecule has 5 nitrogen and oxygen atoms in total. The molecule has 1 aliphatic rings. The molecule has 6 heteroatoms. The first-order valence-electron chi connectivity index (χ1n) is 7.21. The number of aromatic nitrogens is 3. The molecule has 0 spiro atoms. The molecule has 0 amide bonds. The Bertz CT molecular complexity index is 368. The van der Waals surface area contributed by atoms with Gasteiger partial charge in [0.15, 0.2) is 0 Å². The minimum absolute atomic E-state index is 0.933. The molecule has 0 unspecified atom stereocenters. The second-order valence-corrected chi connectivity index (χ2v) is 5.85. The monoisotopic (exact) mass is 329 g/mol. The highest BCUT2D eigenvalue weighted by molar-refractivity contribution is 9.09. The van der Waals surface area contributed by atoms with Crippen LogP contribution in [0.5, 0.6) is 0 Å². The molecule has 1 saturated heterocycles. The van der Waals surface area contributed by atoms with E-state index in [2.05, 4.69) is 42.7 Å². The van der Waals surface area contributed by atoms with Crippen LogP contribution in [0.25, 0.3) is 0 Å². The van der Waals surface area contributed by atoms with Crippen LogP contribution in [0, 0.1) is 0 Å². The van der Waals surface area contributed by atoms with E-state index >= 15 is 0 Å². The van der Waals surface area contributed by atoms with E-state index in [1.807, 2.05) is 4.68 Å². The molecule has 0 aromatic carbocycles. The van der Waals surface area contributed by atoms with E-state index in [0.717, 1.165) is 56.8 Å². The van der Waals surface area contributed by atoms with Crippen molar-refractivity contribution >= 4 is 15.9 Å². The third-order valence-electron chi connectivity index (χ3n) is 3.58. The van der Waals surface area contributed by atoms with Gasteiger partial charge in [-0.25, -0.2) is 9.67 Å². The lowest BCUT2D eigenvalue weighted by molar-refractivity contribution is 0.250. The van der Waals surface area contributed by atoms with Crippen molar-refractivity contribution in [2.24, 2.45) is 0 Å². The molecule has 0 aliphatic carbocycles. The van der Waals surface area contributed by atoms with Crippen LogP contribution >= 0.6 is 15.9 Å². The summed E-state index contributed by atoms with van der Waals surface area (Å²) in [7, 11) is 0. The molecule has 0 bridgehead atoms. The molecule has 108 valence electrons. The Morgan fingerprint density at radius 2 is 1.95 bits per heavy atom. The first-order chi connectivity index (χ1) is 9.33. The summed E-state index contributed by atoms with van der Waals surface area (Å²) in [6.45, 7) is 9.90. The summed E-state index contributed by atoms with van der Waals surface area (Å²) in [6.07, 6.45) is 4.03. The SMILES string of the molecule is CCCn1ncnc1CN1CCCN(CCBr)CC1. The molecule has 0 saturated carbocycles. The van der Waals surface area contributed by atoms with Crippen molar-refractivity contribution in [1.82, 2.24) is 24.6 Å². The predicted molar refractivity (Wildman–Crippen MR) is 80.4 cm³/mol. The Kier molecular flexibility index (Phi) is 6.26. The van der Waals surface area contributed by atoms with E-state index in [1.54, 1.807) is 6.33 Å². The highest BCUT2D eigenvalue weighted by Crippen LogP contribution is 2.08. The Hall–Kier alpha value is -0.460. The van der Waals surface area contributed by atoms with Crippen molar-refractivity contribution in [2.45, 2.75) is 32.9 Å². The lowest BCUT2D eigenvalue weighted by atomic mass is 10.3. The highest BCUT2D eigenvalue weighted by Gasteiger charge is 2.16. The summed E-state index contributed by atoms with van der Waals surface area (Å²) in [5.41, 5.74) is 0. The van der Waals surface area contributed by atoms with Gasteiger partial charge in [-0.3, -0.25) is 4.90 Å².